The molecule has 2 heterocycles. The summed E-state index contributed by atoms with van der Waals surface area (Å²) in [5.74, 6) is -0.309. The Morgan fingerprint density at radius 1 is 1.27 bits per heavy atom. The van der Waals surface area contributed by atoms with Gasteiger partial charge >= 0.3 is 5.97 Å². The predicted octanol–water partition coefficient (Wildman–Crippen LogP) is 4.14. The van der Waals surface area contributed by atoms with Crippen LogP contribution in [0.1, 0.15) is 22.8 Å². The summed E-state index contributed by atoms with van der Waals surface area (Å²) in [6.45, 7) is 4.03. The quantitative estimate of drug-likeness (QED) is 0.682. The number of hydrogen-bond acceptors (Lipinski definition) is 3. The van der Waals surface area contributed by atoms with Gasteiger partial charge in [0.1, 0.15) is 0 Å². The first kappa shape index (κ1) is 14.6. The average molecular weight is 315 g/mol. The lowest BCUT2D eigenvalue weighted by Gasteiger charge is -2.05. The maximum Gasteiger partial charge on any atom is 0.338 e. The summed E-state index contributed by atoms with van der Waals surface area (Å²) in [6.07, 6.45) is 1.83. The van der Waals surface area contributed by atoms with Crippen LogP contribution in [0, 0.1) is 6.92 Å². The lowest BCUT2D eigenvalue weighted by atomic mass is 10.1. The highest BCUT2D eigenvalue weighted by Crippen LogP contribution is 2.23. The molecule has 0 fully saturated rings. The molecule has 5 heteroatoms. The molecule has 0 unspecified atom stereocenters. The highest BCUT2D eigenvalue weighted by Gasteiger charge is 2.13. The number of aromatic nitrogens is 2. The number of halogens is 1. The first-order chi connectivity index (χ1) is 10.6. The van der Waals surface area contributed by atoms with E-state index in [1.807, 2.05) is 43.5 Å². The first-order valence-corrected chi connectivity index (χ1v) is 7.39. The molecule has 0 spiro atoms. The standard InChI is InChI=1S/C17H15ClN2O2/c1-3-22-17(21)15-8-14-9-16(19-20(14)10-11(15)2)12-4-6-13(18)7-5-12/h4-10H,3H2,1-2H3. The monoisotopic (exact) mass is 314 g/mol. The fourth-order valence-electron chi connectivity index (χ4n) is 2.33. The molecule has 3 rings (SSSR count). The molecule has 0 N–H and O–H groups in total. The van der Waals surface area contributed by atoms with Crippen LogP contribution in [0.15, 0.2) is 42.6 Å². The second-order valence-corrected chi connectivity index (χ2v) is 5.43. The summed E-state index contributed by atoms with van der Waals surface area (Å²) in [4.78, 5) is 12.0. The van der Waals surface area contributed by atoms with Gasteiger partial charge in [-0.15, -0.1) is 0 Å². The van der Waals surface area contributed by atoms with Crippen LogP contribution < -0.4 is 0 Å². The van der Waals surface area contributed by atoms with Gasteiger partial charge in [0.2, 0.25) is 0 Å². The highest BCUT2D eigenvalue weighted by molar-refractivity contribution is 6.30. The Hall–Kier alpha value is -2.33. The van der Waals surface area contributed by atoms with Crippen molar-refractivity contribution in [3.63, 3.8) is 0 Å². The second-order valence-electron chi connectivity index (χ2n) is 5.00. The molecule has 4 nitrogen and oxygen atoms in total. The van der Waals surface area contributed by atoms with Crippen molar-refractivity contribution in [3.8, 4) is 11.3 Å². The smallest absolute Gasteiger partial charge is 0.338 e. The third-order valence-corrected chi connectivity index (χ3v) is 3.68. The molecule has 0 aliphatic carbocycles. The zero-order chi connectivity index (χ0) is 15.7. The number of hydrogen-bond donors (Lipinski definition) is 0. The molecule has 0 saturated carbocycles. The van der Waals surface area contributed by atoms with Crippen molar-refractivity contribution in [3.05, 3.63) is 58.7 Å². The fraction of sp³-hybridized carbons (Fsp3) is 0.176. The zero-order valence-electron chi connectivity index (χ0n) is 12.3. The van der Waals surface area contributed by atoms with Gasteiger partial charge in [0.05, 0.1) is 23.4 Å². The Morgan fingerprint density at radius 2 is 2.00 bits per heavy atom. The number of carbonyl (C=O) groups excluding carboxylic acids is 1. The number of aryl methyl sites for hydroxylation is 1. The topological polar surface area (TPSA) is 43.6 Å². The van der Waals surface area contributed by atoms with E-state index in [1.165, 1.54) is 0 Å². The normalized spacial score (nSPS) is 10.9. The Morgan fingerprint density at radius 3 is 2.68 bits per heavy atom. The molecule has 3 aromatic rings. The summed E-state index contributed by atoms with van der Waals surface area (Å²) in [7, 11) is 0. The first-order valence-electron chi connectivity index (χ1n) is 7.01. The number of rotatable bonds is 3. The van der Waals surface area contributed by atoms with Crippen molar-refractivity contribution in [2.45, 2.75) is 13.8 Å². The molecule has 22 heavy (non-hydrogen) atoms. The maximum absolute atomic E-state index is 12.0. The number of benzene rings is 1. The van der Waals surface area contributed by atoms with Crippen LogP contribution >= 0.6 is 11.6 Å². The number of nitrogens with zero attached hydrogens (tertiary/aromatic N) is 2. The SMILES string of the molecule is CCOC(=O)c1cc2cc(-c3ccc(Cl)cc3)nn2cc1C. The van der Waals surface area contributed by atoms with Crippen molar-refractivity contribution < 1.29 is 9.53 Å². The molecular weight excluding hydrogens is 300 g/mol. The Balaban J connectivity index is 2.06. The number of fused-ring (bicyclic) bond motifs is 1. The van der Waals surface area contributed by atoms with E-state index in [0.29, 0.717) is 17.2 Å². The number of ether oxygens (including phenoxy) is 1. The van der Waals surface area contributed by atoms with Crippen molar-refractivity contribution in [2.75, 3.05) is 6.61 Å². The Kier molecular flexibility index (Phi) is 3.86. The van der Waals surface area contributed by atoms with E-state index in [0.717, 1.165) is 22.3 Å². The number of carbonyl (C=O) groups is 1. The molecular formula is C17H15ClN2O2. The molecule has 0 aliphatic rings. The molecule has 1 aromatic carbocycles. The summed E-state index contributed by atoms with van der Waals surface area (Å²) in [6, 6.07) is 11.2. The fourth-order valence-corrected chi connectivity index (χ4v) is 2.45. The molecule has 2 aromatic heterocycles. The summed E-state index contributed by atoms with van der Waals surface area (Å²) in [5, 5.41) is 5.23. The second kappa shape index (κ2) is 5.81. The van der Waals surface area contributed by atoms with Gasteiger partial charge in [-0.1, -0.05) is 23.7 Å². The van der Waals surface area contributed by atoms with E-state index < -0.39 is 0 Å². The van der Waals surface area contributed by atoms with Crippen molar-refractivity contribution in [1.82, 2.24) is 9.61 Å². The van der Waals surface area contributed by atoms with Crippen LogP contribution in [0.3, 0.4) is 0 Å². The van der Waals surface area contributed by atoms with Gasteiger partial charge in [0.15, 0.2) is 0 Å². The summed E-state index contributed by atoms with van der Waals surface area (Å²) in [5.41, 5.74) is 4.05. The molecule has 0 radical (unpaired) electrons. The van der Waals surface area contributed by atoms with Crippen molar-refractivity contribution in [2.24, 2.45) is 0 Å². The minimum absolute atomic E-state index is 0.309. The van der Waals surface area contributed by atoms with Gasteiger partial charge in [0.25, 0.3) is 0 Å². The van der Waals surface area contributed by atoms with E-state index >= 15 is 0 Å². The van der Waals surface area contributed by atoms with E-state index in [-0.39, 0.29) is 5.97 Å². The van der Waals surface area contributed by atoms with E-state index in [9.17, 15) is 4.79 Å². The van der Waals surface area contributed by atoms with E-state index in [1.54, 1.807) is 17.5 Å². The summed E-state index contributed by atoms with van der Waals surface area (Å²) >= 11 is 5.91. The van der Waals surface area contributed by atoms with Gasteiger partial charge in [-0.25, -0.2) is 9.31 Å². The van der Waals surface area contributed by atoms with Crippen molar-refractivity contribution >= 4 is 23.1 Å². The van der Waals surface area contributed by atoms with Gasteiger partial charge < -0.3 is 4.74 Å². The Labute approximate surface area is 133 Å². The highest BCUT2D eigenvalue weighted by atomic mass is 35.5. The van der Waals surface area contributed by atoms with Crippen LogP contribution in [0.5, 0.6) is 0 Å². The third-order valence-electron chi connectivity index (χ3n) is 3.43. The van der Waals surface area contributed by atoms with Crippen LogP contribution in [0.25, 0.3) is 16.8 Å². The maximum atomic E-state index is 12.0. The van der Waals surface area contributed by atoms with Crippen LogP contribution in [0.2, 0.25) is 5.02 Å². The molecule has 0 atom stereocenters. The summed E-state index contributed by atoms with van der Waals surface area (Å²) < 4.78 is 6.84. The van der Waals surface area contributed by atoms with Gasteiger partial charge in [-0.05, 0) is 43.7 Å². The van der Waals surface area contributed by atoms with Gasteiger partial charge in [-0.2, -0.15) is 5.10 Å². The largest absolute Gasteiger partial charge is 0.462 e. The third kappa shape index (κ3) is 2.70. The number of esters is 1. The molecule has 0 bridgehead atoms. The van der Waals surface area contributed by atoms with Crippen molar-refractivity contribution in [1.29, 1.82) is 0 Å². The van der Waals surface area contributed by atoms with Gasteiger partial charge in [0, 0.05) is 16.8 Å². The number of pyridine rings is 1. The zero-order valence-corrected chi connectivity index (χ0v) is 13.1. The lowest BCUT2D eigenvalue weighted by Crippen LogP contribution is -2.07. The Bertz CT molecular complexity index is 838. The van der Waals surface area contributed by atoms with Crippen LogP contribution in [-0.4, -0.2) is 22.2 Å². The lowest BCUT2D eigenvalue weighted by molar-refractivity contribution is 0.0525. The van der Waals surface area contributed by atoms with Crippen LogP contribution in [-0.2, 0) is 4.74 Å². The van der Waals surface area contributed by atoms with Crippen LogP contribution in [0.4, 0.5) is 0 Å². The predicted molar refractivity (Wildman–Crippen MR) is 86.3 cm³/mol. The molecule has 112 valence electrons. The molecule has 0 saturated heterocycles. The van der Waals surface area contributed by atoms with Gasteiger partial charge in [-0.3, -0.25) is 0 Å². The molecule has 0 amide bonds. The van der Waals surface area contributed by atoms with E-state index in [4.69, 9.17) is 16.3 Å². The van der Waals surface area contributed by atoms with E-state index in [2.05, 4.69) is 5.10 Å². The molecule has 0 aliphatic heterocycles. The average Bonchev–Trinajstić information content (AvgIpc) is 2.90. The minimum atomic E-state index is -0.309. The minimum Gasteiger partial charge on any atom is -0.462 e.